The minimum Gasteiger partial charge on any atom is -0.455 e. The van der Waals surface area contributed by atoms with Crippen LogP contribution < -0.4 is 5.32 Å². The predicted molar refractivity (Wildman–Crippen MR) is 211 cm³/mol. The van der Waals surface area contributed by atoms with E-state index in [1.165, 1.54) is 16.5 Å². The standard InChI is InChI=1S/C47H31N3O/c1-3-12-30(13-4-1)33-22-23-35-29-36(25-24-34(35)28-33)45-48-46(39-20-11-17-31-16-7-8-18-37(31)39)50-47(49-45)41-27-26-38(32-14-5-2-6-15-32)44-43(41)40-19-9-10-21-42(40)51-44/h1-29,47H,(H,48,49,50). The molecule has 1 unspecified atom stereocenters. The number of aliphatic imine (C=N–C) groups is 2. The van der Waals surface area contributed by atoms with Crippen LogP contribution in [0.25, 0.3) is 65.7 Å². The van der Waals surface area contributed by atoms with Gasteiger partial charge in [0.15, 0.2) is 6.17 Å². The van der Waals surface area contributed by atoms with Gasteiger partial charge in [-0.2, -0.15) is 0 Å². The molecule has 0 saturated carbocycles. The van der Waals surface area contributed by atoms with Crippen molar-refractivity contribution in [2.75, 3.05) is 0 Å². The molecule has 240 valence electrons. The van der Waals surface area contributed by atoms with Gasteiger partial charge in [-0.25, -0.2) is 9.98 Å². The lowest BCUT2D eigenvalue weighted by molar-refractivity contribution is 0.668. The van der Waals surface area contributed by atoms with Crippen molar-refractivity contribution in [3.8, 4) is 22.3 Å². The third kappa shape index (κ3) is 5.08. The lowest BCUT2D eigenvalue weighted by Crippen LogP contribution is -2.36. The van der Waals surface area contributed by atoms with E-state index in [9.17, 15) is 0 Å². The van der Waals surface area contributed by atoms with Crippen LogP contribution in [0.4, 0.5) is 0 Å². The van der Waals surface area contributed by atoms with Gasteiger partial charge in [-0.15, -0.1) is 0 Å². The smallest absolute Gasteiger partial charge is 0.170 e. The van der Waals surface area contributed by atoms with Crippen LogP contribution in [-0.4, -0.2) is 11.7 Å². The number of hydrogen-bond acceptors (Lipinski definition) is 4. The molecule has 0 aliphatic carbocycles. The first-order valence-electron chi connectivity index (χ1n) is 17.3. The van der Waals surface area contributed by atoms with Gasteiger partial charge in [-0.05, 0) is 56.4 Å². The van der Waals surface area contributed by atoms with Gasteiger partial charge in [-0.1, -0.05) is 158 Å². The number of amidine groups is 2. The minimum atomic E-state index is -0.514. The second kappa shape index (κ2) is 12.0. The van der Waals surface area contributed by atoms with E-state index in [0.29, 0.717) is 0 Å². The van der Waals surface area contributed by atoms with Crippen molar-refractivity contribution in [2.24, 2.45) is 9.98 Å². The van der Waals surface area contributed by atoms with Crippen LogP contribution in [0.2, 0.25) is 0 Å². The van der Waals surface area contributed by atoms with E-state index in [4.69, 9.17) is 14.4 Å². The molecule has 51 heavy (non-hydrogen) atoms. The molecule has 1 aliphatic rings. The molecular formula is C47H31N3O. The molecule has 1 aliphatic heterocycles. The van der Waals surface area contributed by atoms with Crippen molar-refractivity contribution in [3.63, 3.8) is 0 Å². The Bertz CT molecular complexity index is 2830. The summed E-state index contributed by atoms with van der Waals surface area (Å²) in [6, 6.07) is 61.6. The summed E-state index contributed by atoms with van der Waals surface area (Å²) in [6.07, 6.45) is -0.514. The number of nitrogens with zero attached hydrogens (tertiary/aromatic N) is 2. The highest BCUT2D eigenvalue weighted by atomic mass is 16.3. The zero-order valence-electron chi connectivity index (χ0n) is 27.6. The molecule has 1 atom stereocenters. The summed E-state index contributed by atoms with van der Waals surface area (Å²) in [6.45, 7) is 0. The second-order valence-corrected chi connectivity index (χ2v) is 13.0. The molecule has 10 rings (SSSR count). The maximum absolute atomic E-state index is 6.63. The van der Waals surface area contributed by atoms with Crippen molar-refractivity contribution < 1.29 is 4.42 Å². The highest BCUT2D eigenvalue weighted by Gasteiger charge is 2.26. The molecule has 0 amide bonds. The Hall–Kier alpha value is -6.78. The Kier molecular flexibility index (Phi) is 6.85. The first kappa shape index (κ1) is 29.2. The van der Waals surface area contributed by atoms with Crippen LogP contribution in [0, 0.1) is 0 Å². The fraction of sp³-hybridized carbons (Fsp3) is 0.0213. The average molecular weight is 654 g/mol. The third-order valence-electron chi connectivity index (χ3n) is 9.93. The van der Waals surface area contributed by atoms with E-state index in [2.05, 4.69) is 163 Å². The molecule has 1 N–H and O–H groups in total. The molecule has 2 heterocycles. The highest BCUT2D eigenvalue weighted by Crippen LogP contribution is 2.42. The number of hydrogen-bond donors (Lipinski definition) is 1. The lowest BCUT2D eigenvalue weighted by Gasteiger charge is -2.24. The molecule has 8 aromatic carbocycles. The predicted octanol–water partition coefficient (Wildman–Crippen LogP) is 11.7. The summed E-state index contributed by atoms with van der Waals surface area (Å²) >= 11 is 0. The Morgan fingerprint density at radius 2 is 1.08 bits per heavy atom. The molecule has 1 aromatic heterocycles. The van der Waals surface area contributed by atoms with Crippen LogP contribution >= 0.6 is 0 Å². The molecule has 0 bridgehead atoms. The van der Waals surface area contributed by atoms with Crippen LogP contribution in [0.5, 0.6) is 0 Å². The minimum absolute atomic E-state index is 0.514. The number of fused-ring (bicyclic) bond motifs is 5. The molecular weight excluding hydrogens is 623 g/mol. The number of rotatable bonds is 5. The van der Waals surface area contributed by atoms with Crippen LogP contribution in [0.15, 0.2) is 190 Å². The van der Waals surface area contributed by atoms with E-state index in [0.717, 1.165) is 77.6 Å². The van der Waals surface area contributed by atoms with E-state index in [1.807, 2.05) is 18.2 Å². The summed E-state index contributed by atoms with van der Waals surface area (Å²) in [5.74, 6) is 1.56. The van der Waals surface area contributed by atoms with Gasteiger partial charge in [0.2, 0.25) is 0 Å². The van der Waals surface area contributed by atoms with Crippen molar-refractivity contribution in [1.29, 1.82) is 0 Å². The first-order chi connectivity index (χ1) is 25.3. The molecule has 0 radical (unpaired) electrons. The van der Waals surface area contributed by atoms with Crippen molar-refractivity contribution >= 4 is 55.2 Å². The topological polar surface area (TPSA) is 49.9 Å². The van der Waals surface area contributed by atoms with Gasteiger partial charge in [0.25, 0.3) is 0 Å². The van der Waals surface area contributed by atoms with Crippen molar-refractivity contribution in [3.05, 3.63) is 193 Å². The van der Waals surface area contributed by atoms with E-state index in [-0.39, 0.29) is 0 Å². The van der Waals surface area contributed by atoms with Gasteiger partial charge in [0.05, 0.1) is 0 Å². The Morgan fingerprint density at radius 3 is 1.90 bits per heavy atom. The van der Waals surface area contributed by atoms with Crippen molar-refractivity contribution in [2.45, 2.75) is 6.17 Å². The maximum atomic E-state index is 6.63. The van der Waals surface area contributed by atoms with Gasteiger partial charge in [-0.3, -0.25) is 0 Å². The Balaban J connectivity index is 1.17. The molecule has 0 fully saturated rings. The first-order valence-corrected chi connectivity index (χ1v) is 17.3. The zero-order valence-corrected chi connectivity index (χ0v) is 27.6. The summed E-state index contributed by atoms with van der Waals surface area (Å²) in [7, 11) is 0. The van der Waals surface area contributed by atoms with Gasteiger partial charge in [0, 0.05) is 33.0 Å². The van der Waals surface area contributed by atoms with Gasteiger partial charge >= 0.3 is 0 Å². The number of furan rings is 1. The van der Waals surface area contributed by atoms with Crippen LogP contribution in [-0.2, 0) is 0 Å². The zero-order chi connectivity index (χ0) is 33.7. The van der Waals surface area contributed by atoms with Crippen LogP contribution in [0.3, 0.4) is 0 Å². The SMILES string of the molecule is c1ccc(-c2ccc3cc(C4=NC(c5ccc(-c6ccccc6)c6oc7ccccc7c56)N=C(c5cccc6ccccc56)N4)ccc3c2)cc1. The van der Waals surface area contributed by atoms with E-state index < -0.39 is 6.17 Å². The monoisotopic (exact) mass is 653 g/mol. The fourth-order valence-corrected chi connectivity index (χ4v) is 7.42. The van der Waals surface area contributed by atoms with Crippen LogP contribution in [0.1, 0.15) is 22.9 Å². The Labute approximate surface area is 295 Å². The number of para-hydroxylation sites is 1. The largest absolute Gasteiger partial charge is 0.455 e. The molecule has 0 saturated heterocycles. The summed E-state index contributed by atoms with van der Waals surface area (Å²) < 4.78 is 6.63. The quantitative estimate of drug-likeness (QED) is 0.201. The summed E-state index contributed by atoms with van der Waals surface area (Å²) in [4.78, 5) is 10.7. The fourth-order valence-electron chi connectivity index (χ4n) is 7.42. The van der Waals surface area contributed by atoms with E-state index >= 15 is 0 Å². The third-order valence-corrected chi connectivity index (χ3v) is 9.93. The van der Waals surface area contributed by atoms with E-state index in [1.54, 1.807) is 0 Å². The average Bonchev–Trinajstić information content (AvgIpc) is 3.60. The molecule has 9 aromatic rings. The molecule has 0 spiro atoms. The van der Waals surface area contributed by atoms with Gasteiger partial charge < -0.3 is 9.73 Å². The normalized spacial score (nSPS) is 14.5. The highest BCUT2D eigenvalue weighted by molar-refractivity contribution is 6.21. The Morgan fingerprint density at radius 1 is 0.431 bits per heavy atom. The van der Waals surface area contributed by atoms with Crippen molar-refractivity contribution in [1.82, 2.24) is 5.32 Å². The summed E-state index contributed by atoms with van der Waals surface area (Å²) in [5, 5.41) is 10.4. The van der Waals surface area contributed by atoms with Gasteiger partial charge in [0.1, 0.15) is 22.8 Å². The summed E-state index contributed by atoms with van der Waals surface area (Å²) in [5.41, 5.74) is 9.28. The number of benzene rings is 8. The molecule has 4 nitrogen and oxygen atoms in total. The molecule has 4 heteroatoms. The second-order valence-electron chi connectivity index (χ2n) is 13.0. The number of nitrogens with one attached hydrogen (secondary N) is 1. The lowest BCUT2D eigenvalue weighted by atomic mass is 9.96. The maximum Gasteiger partial charge on any atom is 0.170 e.